The zero-order valence-electron chi connectivity index (χ0n) is 14.1. The monoisotopic (exact) mass is 327 g/mol. The van der Waals surface area contributed by atoms with Gasteiger partial charge in [-0.05, 0) is 33.1 Å². The molecule has 0 radical (unpaired) electrons. The maximum atomic E-state index is 11.9. The van der Waals surface area contributed by atoms with Crippen molar-refractivity contribution in [1.82, 2.24) is 9.88 Å². The minimum absolute atomic E-state index is 0.0762. The molecule has 7 heteroatoms. The summed E-state index contributed by atoms with van der Waals surface area (Å²) < 4.78 is 5.19. The number of hydrogen-bond donors (Lipinski definition) is 1. The summed E-state index contributed by atoms with van der Waals surface area (Å²) in [5.41, 5.74) is 0.394. The third-order valence-corrected chi connectivity index (χ3v) is 3.75. The highest BCUT2D eigenvalue weighted by Gasteiger charge is 2.21. The van der Waals surface area contributed by atoms with Crippen LogP contribution in [-0.2, 0) is 9.53 Å². The topological polar surface area (TPSA) is 71.5 Å². The van der Waals surface area contributed by atoms with Gasteiger partial charge in [-0.1, -0.05) is 13.8 Å². The van der Waals surface area contributed by atoms with E-state index in [1.165, 1.54) is 23.3 Å². The number of amides is 2. The van der Waals surface area contributed by atoms with Crippen molar-refractivity contribution in [3.05, 3.63) is 11.1 Å². The maximum Gasteiger partial charge on any atom is 0.410 e. The fraction of sp³-hybridized carbons (Fsp3) is 0.667. The summed E-state index contributed by atoms with van der Waals surface area (Å²) in [6.45, 7) is 9.46. The van der Waals surface area contributed by atoms with Gasteiger partial charge in [0.15, 0.2) is 5.13 Å². The van der Waals surface area contributed by atoms with Crippen molar-refractivity contribution in [2.24, 2.45) is 0 Å². The minimum Gasteiger partial charge on any atom is -0.444 e. The van der Waals surface area contributed by atoms with Crippen molar-refractivity contribution < 1.29 is 14.3 Å². The predicted octanol–water partition coefficient (Wildman–Crippen LogP) is 3.46. The van der Waals surface area contributed by atoms with Gasteiger partial charge in [-0.3, -0.25) is 4.79 Å². The Labute approximate surface area is 135 Å². The smallest absolute Gasteiger partial charge is 0.410 e. The molecular formula is C15H25N3O3S. The average molecular weight is 327 g/mol. The van der Waals surface area contributed by atoms with Crippen LogP contribution in [-0.4, -0.2) is 41.1 Å². The Morgan fingerprint density at radius 3 is 2.64 bits per heavy atom. The molecule has 2 amide bonds. The first-order valence-corrected chi connectivity index (χ1v) is 8.19. The second-order valence-corrected chi connectivity index (χ2v) is 7.13. The van der Waals surface area contributed by atoms with E-state index >= 15 is 0 Å². The molecule has 0 spiro atoms. The SMILES string of the molecule is CCC(C)c1csc(NC(=O)CN(C)C(=O)OC(C)(C)C)n1. The van der Waals surface area contributed by atoms with E-state index in [9.17, 15) is 9.59 Å². The Hall–Kier alpha value is -1.63. The van der Waals surface area contributed by atoms with Gasteiger partial charge in [-0.2, -0.15) is 0 Å². The summed E-state index contributed by atoms with van der Waals surface area (Å²) in [7, 11) is 1.53. The van der Waals surface area contributed by atoms with Crippen LogP contribution in [0.15, 0.2) is 5.38 Å². The van der Waals surface area contributed by atoms with Gasteiger partial charge in [0.05, 0.1) is 5.69 Å². The molecule has 0 aliphatic heterocycles. The lowest BCUT2D eigenvalue weighted by atomic mass is 10.1. The molecule has 0 saturated heterocycles. The largest absolute Gasteiger partial charge is 0.444 e. The number of carbonyl (C=O) groups is 2. The Morgan fingerprint density at radius 2 is 2.09 bits per heavy atom. The molecule has 1 aromatic rings. The van der Waals surface area contributed by atoms with Crippen LogP contribution in [0.1, 0.15) is 52.7 Å². The number of thiazole rings is 1. The summed E-state index contributed by atoms with van der Waals surface area (Å²) in [4.78, 5) is 29.4. The molecule has 1 rings (SSSR count). The summed E-state index contributed by atoms with van der Waals surface area (Å²) in [6, 6.07) is 0. The molecule has 1 atom stereocenters. The third-order valence-electron chi connectivity index (χ3n) is 2.97. The van der Waals surface area contributed by atoms with Crippen LogP contribution in [0.5, 0.6) is 0 Å². The zero-order chi connectivity index (χ0) is 16.9. The van der Waals surface area contributed by atoms with Crippen LogP contribution in [0.4, 0.5) is 9.93 Å². The molecule has 0 saturated carbocycles. The lowest BCUT2D eigenvalue weighted by molar-refractivity contribution is -0.117. The first-order valence-electron chi connectivity index (χ1n) is 7.31. The highest BCUT2D eigenvalue weighted by Crippen LogP contribution is 2.23. The number of anilines is 1. The van der Waals surface area contributed by atoms with Gasteiger partial charge in [-0.15, -0.1) is 11.3 Å². The molecule has 1 unspecified atom stereocenters. The molecule has 0 aliphatic rings. The number of carbonyl (C=O) groups excluding carboxylic acids is 2. The van der Waals surface area contributed by atoms with E-state index in [-0.39, 0.29) is 12.5 Å². The molecule has 1 N–H and O–H groups in total. The fourth-order valence-corrected chi connectivity index (χ4v) is 2.41. The number of rotatable bonds is 5. The first-order chi connectivity index (χ1) is 10.1. The summed E-state index contributed by atoms with van der Waals surface area (Å²) >= 11 is 1.39. The van der Waals surface area contributed by atoms with Crippen molar-refractivity contribution >= 4 is 28.5 Å². The number of ether oxygens (including phenoxy) is 1. The van der Waals surface area contributed by atoms with Gasteiger partial charge in [-0.25, -0.2) is 9.78 Å². The van der Waals surface area contributed by atoms with Crippen molar-refractivity contribution in [2.45, 2.75) is 52.6 Å². The lowest BCUT2D eigenvalue weighted by Crippen LogP contribution is -2.38. The number of aromatic nitrogens is 1. The van der Waals surface area contributed by atoms with E-state index in [2.05, 4.69) is 24.1 Å². The minimum atomic E-state index is -0.581. The van der Waals surface area contributed by atoms with E-state index in [1.807, 2.05) is 5.38 Å². The van der Waals surface area contributed by atoms with Gasteiger partial charge < -0.3 is 15.0 Å². The van der Waals surface area contributed by atoms with E-state index in [1.54, 1.807) is 20.8 Å². The molecule has 124 valence electrons. The van der Waals surface area contributed by atoms with Crippen LogP contribution in [0.3, 0.4) is 0 Å². The van der Waals surface area contributed by atoms with Gasteiger partial charge in [0.1, 0.15) is 12.1 Å². The van der Waals surface area contributed by atoms with Crippen molar-refractivity contribution in [3.63, 3.8) is 0 Å². The van der Waals surface area contributed by atoms with Gasteiger partial charge in [0.25, 0.3) is 0 Å². The summed E-state index contributed by atoms with van der Waals surface area (Å²) in [5, 5.41) is 5.21. The standard InChI is InChI=1S/C15H25N3O3S/c1-7-10(2)11-9-22-13(16-11)17-12(19)8-18(6)14(20)21-15(3,4)5/h9-10H,7-8H2,1-6H3,(H,16,17,19). The van der Waals surface area contributed by atoms with E-state index in [0.717, 1.165) is 12.1 Å². The van der Waals surface area contributed by atoms with Crippen molar-refractivity contribution in [3.8, 4) is 0 Å². The van der Waals surface area contributed by atoms with Crippen molar-refractivity contribution in [1.29, 1.82) is 0 Å². The second-order valence-electron chi connectivity index (χ2n) is 6.27. The first kappa shape index (κ1) is 18.4. The van der Waals surface area contributed by atoms with Gasteiger partial charge in [0.2, 0.25) is 5.91 Å². The number of hydrogen-bond acceptors (Lipinski definition) is 5. The summed E-state index contributed by atoms with van der Waals surface area (Å²) in [6.07, 6.45) is 0.473. The molecule has 0 fully saturated rings. The summed E-state index contributed by atoms with van der Waals surface area (Å²) in [5.74, 6) is 0.0738. The van der Waals surface area contributed by atoms with Crippen LogP contribution in [0.25, 0.3) is 0 Å². The van der Waals surface area contributed by atoms with E-state index in [4.69, 9.17) is 4.74 Å². The number of nitrogens with one attached hydrogen (secondary N) is 1. The van der Waals surface area contributed by atoms with Crippen LogP contribution < -0.4 is 5.32 Å². The zero-order valence-corrected chi connectivity index (χ0v) is 14.9. The molecule has 0 aliphatic carbocycles. The Morgan fingerprint density at radius 1 is 1.45 bits per heavy atom. The molecular weight excluding hydrogens is 302 g/mol. The Bertz CT molecular complexity index is 522. The highest BCUT2D eigenvalue weighted by atomic mass is 32.1. The van der Waals surface area contributed by atoms with E-state index in [0.29, 0.717) is 11.0 Å². The molecule has 22 heavy (non-hydrogen) atoms. The van der Waals surface area contributed by atoms with Gasteiger partial charge in [0, 0.05) is 12.4 Å². The molecule has 6 nitrogen and oxygen atoms in total. The van der Waals surface area contributed by atoms with E-state index < -0.39 is 11.7 Å². The van der Waals surface area contributed by atoms with Gasteiger partial charge >= 0.3 is 6.09 Å². The van der Waals surface area contributed by atoms with Crippen LogP contribution >= 0.6 is 11.3 Å². The second kappa shape index (κ2) is 7.58. The molecule has 1 heterocycles. The Balaban J connectivity index is 2.52. The molecule has 0 bridgehead atoms. The van der Waals surface area contributed by atoms with Crippen LogP contribution in [0.2, 0.25) is 0 Å². The Kier molecular flexibility index (Phi) is 6.34. The average Bonchev–Trinajstić information content (AvgIpc) is 2.83. The third kappa shape index (κ3) is 6.01. The molecule has 0 aromatic carbocycles. The van der Waals surface area contributed by atoms with Crippen LogP contribution in [0, 0.1) is 0 Å². The number of likely N-dealkylation sites (N-methyl/N-ethyl adjacent to an activating group) is 1. The normalized spacial score (nSPS) is 12.6. The number of nitrogens with zero attached hydrogens (tertiary/aromatic N) is 2. The lowest BCUT2D eigenvalue weighted by Gasteiger charge is -2.24. The predicted molar refractivity (Wildman–Crippen MR) is 88.3 cm³/mol. The quantitative estimate of drug-likeness (QED) is 0.899. The maximum absolute atomic E-state index is 11.9. The highest BCUT2D eigenvalue weighted by molar-refractivity contribution is 7.13. The molecule has 1 aromatic heterocycles. The fourth-order valence-electron chi connectivity index (χ4n) is 1.56. The van der Waals surface area contributed by atoms with Crippen molar-refractivity contribution in [2.75, 3.05) is 18.9 Å².